The van der Waals surface area contributed by atoms with Gasteiger partial charge in [-0.2, -0.15) is 0 Å². The minimum Gasteiger partial charge on any atom is -0.489 e. The number of fused-ring (bicyclic) bond motifs is 1. The van der Waals surface area contributed by atoms with Crippen molar-refractivity contribution in [1.29, 1.82) is 0 Å². The Balaban J connectivity index is 1.70. The number of nitrogens with zero attached hydrogens (tertiary/aromatic N) is 2. The summed E-state index contributed by atoms with van der Waals surface area (Å²) in [4.78, 5) is 22.6. The molecule has 1 aliphatic rings. The molecule has 0 N–H and O–H groups in total. The first kappa shape index (κ1) is 18.0. The summed E-state index contributed by atoms with van der Waals surface area (Å²) < 4.78 is 7.75. The average molecular weight is 376 g/mol. The number of rotatable bonds is 7. The summed E-state index contributed by atoms with van der Waals surface area (Å²) in [6.45, 7) is 1.89. The first-order chi connectivity index (χ1) is 13.5. The summed E-state index contributed by atoms with van der Waals surface area (Å²) in [6.07, 6.45) is 6.68. The fourth-order valence-electron chi connectivity index (χ4n) is 3.42. The van der Waals surface area contributed by atoms with Crippen molar-refractivity contribution in [3.8, 4) is 5.75 Å². The van der Waals surface area contributed by atoms with Gasteiger partial charge in [-0.15, -0.1) is 0 Å². The topological polar surface area (TPSA) is 74.4 Å². The smallest absolute Gasteiger partial charge is 0.294 e. The monoisotopic (exact) mass is 376 g/mol. The Morgan fingerprint density at radius 1 is 1.25 bits per heavy atom. The molecule has 1 aromatic heterocycles. The van der Waals surface area contributed by atoms with E-state index in [4.69, 9.17) is 4.74 Å². The number of carbonyl (C=O) groups excluding carboxylic acids is 1. The van der Waals surface area contributed by atoms with Gasteiger partial charge in [0.1, 0.15) is 12.4 Å². The zero-order chi connectivity index (χ0) is 19.7. The number of hydrogen-bond donors (Lipinski definition) is 0. The zero-order valence-electron chi connectivity index (χ0n) is 15.5. The maximum absolute atomic E-state index is 11.6. The second kappa shape index (κ2) is 6.96. The van der Waals surface area contributed by atoms with Crippen LogP contribution >= 0.6 is 0 Å². The Labute approximate surface area is 162 Å². The Bertz CT molecular complexity index is 1080. The highest BCUT2D eigenvalue weighted by Gasteiger charge is 2.44. The van der Waals surface area contributed by atoms with E-state index >= 15 is 0 Å². The number of carbonyl (C=O) groups is 1. The van der Waals surface area contributed by atoms with Crippen molar-refractivity contribution in [2.45, 2.75) is 31.9 Å². The number of ether oxygens (including phenoxy) is 1. The van der Waals surface area contributed by atoms with Crippen molar-refractivity contribution in [2.75, 3.05) is 0 Å². The van der Waals surface area contributed by atoms with Gasteiger partial charge in [0.2, 0.25) is 0 Å². The molecular formula is C22H20N2O4. The van der Waals surface area contributed by atoms with E-state index in [9.17, 15) is 14.9 Å². The first-order valence-corrected chi connectivity index (χ1v) is 9.15. The van der Waals surface area contributed by atoms with Crippen LogP contribution in [0.2, 0.25) is 0 Å². The second-order valence-electron chi connectivity index (χ2n) is 7.14. The lowest BCUT2D eigenvalue weighted by Gasteiger charge is -2.14. The van der Waals surface area contributed by atoms with E-state index in [1.807, 2.05) is 53.1 Å². The van der Waals surface area contributed by atoms with E-state index in [2.05, 4.69) is 0 Å². The van der Waals surface area contributed by atoms with Crippen LogP contribution in [0.3, 0.4) is 0 Å². The largest absolute Gasteiger partial charge is 0.489 e. The summed E-state index contributed by atoms with van der Waals surface area (Å²) in [5.41, 5.74) is 1.48. The van der Waals surface area contributed by atoms with Crippen molar-refractivity contribution in [1.82, 2.24) is 4.57 Å². The van der Waals surface area contributed by atoms with Gasteiger partial charge in [0.25, 0.3) is 5.69 Å². The molecule has 0 amide bonds. The van der Waals surface area contributed by atoms with E-state index in [0.717, 1.165) is 23.9 Å². The van der Waals surface area contributed by atoms with Crippen LogP contribution in [0.15, 0.2) is 66.9 Å². The van der Waals surface area contributed by atoms with Gasteiger partial charge in [0.05, 0.1) is 27.6 Å². The van der Waals surface area contributed by atoms with Gasteiger partial charge in [-0.05, 0) is 49.6 Å². The predicted molar refractivity (Wildman–Crippen MR) is 106 cm³/mol. The molecule has 0 atom stereocenters. The molecule has 0 unspecified atom stereocenters. The maximum atomic E-state index is 11.6. The number of benzene rings is 2. The number of aromatic nitrogens is 1. The Hall–Kier alpha value is -3.41. The zero-order valence-corrected chi connectivity index (χ0v) is 15.5. The lowest BCUT2D eigenvalue weighted by molar-refractivity contribution is -0.383. The fraction of sp³-hybridized carbons (Fsp3) is 0.227. The molecule has 1 saturated carbocycles. The average Bonchev–Trinajstić information content (AvgIpc) is 3.38. The van der Waals surface area contributed by atoms with E-state index < -0.39 is 0 Å². The van der Waals surface area contributed by atoms with Crippen LogP contribution < -0.4 is 4.74 Å². The summed E-state index contributed by atoms with van der Waals surface area (Å²) in [5, 5.41) is 12.2. The number of nitro groups is 1. The Morgan fingerprint density at radius 2 is 2.00 bits per heavy atom. The van der Waals surface area contributed by atoms with Crippen LogP contribution in [-0.2, 0) is 16.9 Å². The van der Waals surface area contributed by atoms with Crippen LogP contribution in [0.4, 0.5) is 5.69 Å². The van der Waals surface area contributed by atoms with Gasteiger partial charge >= 0.3 is 0 Å². The van der Waals surface area contributed by atoms with Crippen molar-refractivity contribution < 1.29 is 14.5 Å². The Morgan fingerprint density at radius 3 is 2.64 bits per heavy atom. The van der Waals surface area contributed by atoms with Gasteiger partial charge in [-0.25, -0.2) is 0 Å². The van der Waals surface area contributed by atoms with Gasteiger partial charge in [0.15, 0.2) is 5.78 Å². The fourth-order valence-corrected chi connectivity index (χ4v) is 3.42. The number of allylic oxidation sites excluding steroid dienone is 2. The summed E-state index contributed by atoms with van der Waals surface area (Å²) in [5.74, 6) is 0.551. The van der Waals surface area contributed by atoms with Crippen LogP contribution in [0.25, 0.3) is 10.9 Å². The third-order valence-electron chi connectivity index (χ3n) is 5.07. The third kappa shape index (κ3) is 3.41. The predicted octanol–water partition coefficient (Wildman–Crippen LogP) is 4.76. The van der Waals surface area contributed by atoms with Crippen LogP contribution in [-0.4, -0.2) is 15.3 Å². The standard InChI is InChI=1S/C22H20N2O4/c1-16(25)9-10-22(11-12-22)23-14-21(24(26)27)19-13-18(7-8-20(19)23)28-15-17-5-3-2-4-6-17/h2-10,13-14H,11-12,15H2,1H3/b10-9+. The Kier molecular flexibility index (Phi) is 4.47. The normalized spacial score (nSPS) is 15.0. The molecule has 0 aliphatic heterocycles. The van der Waals surface area contributed by atoms with Crippen molar-refractivity contribution in [2.24, 2.45) is 0 Å². The minimum absolute atomic E-state index is 0.0335. The molecule has 2 aromatic carbocycles. The van der Waals surface area contributed by atoms with Gasteiger partial charge in [-0.1, -0.05) is 36.4 Å². The maximum Gasteiger partial charge on any atom is 0.294 e. The van der Waals surface area contributed by atoms with Crippen molar-refractivity contribution in [3.05, 3.63) is 82.6 Å². The molecule has 0 radical (unpaired) electrons. The first-order valence-electron chi connectivity index (χ1n) is 9.15. The third-order valence-corrected chi connectivity index (χ3v) is 5.07. The molecule has 0 saturated heterocycles. The minimum atomic E-state index is -0.370. The van der Waals surface area contributed by atoms with E-state index in [-0.39, 0.29) is 21.9 Å². The molecule has 142 valence electrons. The van der Waals surface area contributed by atoms with Gasteiger partial charge in [-0.3, -0.25) is 14.9 Å². The lowest BCUT2D eigenvalue weighted by Crippen LogP contribution is -2.13. The molecule has 1 fully saturated rings. The van der Waals surface area contributed by atoms with Gasteiger partial charge in [0, 0.05) is 0 Å². The summed E-state index contributed by atoms with van der Waals surface area (Å²) in [6, 6.07) is 15.2. The van der Waals surface area contributed by atoms with Crippen LogP contribution in [0.5, 0.6) is 5.75 Å². The highest BCUT2D eigenvalue weighted by molar-refractivity contribution is 5.91. The molecule has 0 spiro atoms. The summed E-state index contributed by atoms with van der Waals surface area (Å²) >= 11 is 0. The van der Waals surface area contributed by atoms with E-state index in [1.54, 1.807) is 18.3 Å². The SMILES string of the molecule is CC(=O)/C=C/C1(n2cc([N+](=O)[O-])c3cc(OCc4ccccc4)ccc32)CC1. The molecule has 1 aliphatic carbocycles. The number of hydrogen-bond acceptors (Lipinski definition) is 4. The highest BCUT2D eigenvalue weighted by Crippen LogP contribution is 2.48. The molecule has 6 heteroatoms. The van der Waals surface area contributed by atoms with Gasteiger partial charge < -0.3 is 9.30 Å². The second-order valence-corrected chi connectivity index (χ2v) is 7.14. The molecule has 6 nitrogen and oxygen atoms in total. The van der Waals surface area contributed by atoms with Crippen molar-refractivity contribution in [3.63, 3.8) is 0 Å². The van der Waals surface area contributed by atoms with E-state index in [1.165, 1.54) is 6.92 Å². The molecule has 28 heavy (non-hydrogen) atoms. The van der Waals surface area contributed by atoms with Crippen molar-refractivity contribution >= 4 is 22.4 Å². The highest BCUT2D eigenvalue weighted by atomic mass is 16.6. The van der Waals surface area contributed by atoms with Crippen LogP contribution in [0, 0.1) is 10.1 Å². The van der Waals surface area contributed by atoms with E-state index in [0.29, 0.717) is 17.7 Å². The number of ketones is 1. The molecular weight excluding hydrogens is 356 g/mol. The molecule has 3 aromatic rings. The summed E-state index contributed by atoms with van der Waals surface area (Å²) in [7, 11) is 0. The quantitative estimate of drug-likeness (QED) is 0.338. The molecule has 0 bridgehead atoms. The lowest BCUT2D eigenvalue weighted by atomic mass is 10.2. The van der Waals surface area contributed by atoms with Crippen LogP contribution in [0.1, 0.15) is 25.3 Å². The molecule has 4 rings (SSSR count). The molecule has 1 heterocycles.